The predicted octanol–water partition coefficient (Wildman–Crippen LogP) is 2.06. The predicted molar refractivity (Wildman–Crippen MR) is 80.5 cm³/mol. The molecule has 1 saturated heterocycles. The van der Waals surface area contributed by atoms with Gasteiger partial charge in [-0.3, -0.25) is 4.79 Å². The van der Waals surface area contributed by atoms with Crippen LogP contribution in [0.3, 0.4) is 0 Å². The Balaban J connectivity index is 0.00000324. The van der Waals surface area contributed by atoms with E-state index in [0.717, 1.165) is 45.4 Å². The van der Waals surface area contributed by atoms with E-state index in [4.69, 9.17) is 10.5 Å². The fourth-order valence-corrected chi connectivity index (χ4v) is 2.75. The van der Waals surface area contributed by atoms with Crippen molar-refractivity contribution in [1.82, 2.24) is 4.90 Å². The van der Waals surface area contributed by atoms with E-state index >= 15 is 0 Å². The van der Waals surface area contributed by atoms with Gasteiger partial charge < -0.3 is 15.4 Å². The molecule has 1 aliphatic rings. The molecule has 0 saturated carbocycles. The third kappa shape index (κ3) is 4.62. The monoisotopic (exact) mass is 292 g/mol. The van der Waals surface area contributed by atoms with Crippen molar-refractivity contribution in [3.63, 3.8) is 0 Å². The van der Waals surface area contributed by atoms with E-state index < -0.39 is 0 Å². The molecule has 19 heavy (non-hydrogen) atoms. The second-order valence-electron chi connectivity index (χ2n) is 5.46. The maximum absolute atomic E-state index is 12.5. The van der Waals surface area contributed by atoms with Gasteiger partial charge in [0.05, 0.1) is 12.0 Å². The zero-order valence-electron chi connectivity index (χ0n) is 12.5. The van der Waals surface area contributed by atoms with Crippen LogP contribution >= 0.6 is 12.4 Å². The van der Waals surface area contributed by atoms with Crippen LogP contribution in [0.2, 0.25) is 0 Å². The van der Waals surface area contributed by atoms with Gasteiger partial charge in [-0.25, -0.2) is 0 Å². The molecule has 1 heterocycles. The van der Waals surface area contributed by atoms with Crippen molar-refractivity contribution < 1.29 is 9.53 Å². The highest BCUT2D eigenvalue weighted by molar-refractivity contribution is 5.85. The minimum absolute atomic E-state index is 0. The summed E-state index contributed by atoms with van der Waals surface area (Å²) in [5, 5.41) is 0. The zero-order valence-corrected chi connectivity index (χ0v) is 13.3. The second-order valence-corrected chi connectivity index (χ2v) is 5.46. The molecule has 2 N–H and O–H groups in total. The highest BCUT2D eigenvalue weighted by Gasteiger charge is 2.36. The molecule has 1 amide bonds. The number of hydrogen-bond acceptors (Lipinski definition) is 3. The minimum Gasteiger partial charge on any atom is -0.381 e. The molecule has 0 radical (unpaired) electrons. The van der Waals surface area contributed by atoms with Gasteiger partial charge in [0, 0.05) is 26.7 Å². The van der Waals surface area contributed by atoms with Gasteiger partial charge in [0.1, 0.15) is 0 Å². The van der Waals surface area contributed by atoms with Crippen LogP contribution in [0.4, 0.5) is 0 Å². The Labute approximate surface area is 123 Å². The van der Waals surface area contributed by atoms with Gasteiger partial charge in [0.15, 0.2) is 0 Å². The lowest BCUT2D eigenvalue weighted by atomic mass is 9.81. The quantitative estimate of drug-likeness (QED) is 0.815. The van der Waals surface area contributed by atoms with Crippen molar-refractivity contribution in [2.75, 3.05) is 33.4 Å². The molecule has 0 aromatic rings. The highest BCUT2D eigenvalue weighted by atomic mass is 35.5. The summed E-state index contributed by atoms with van der Waals surface area (Å²) in [6, 6.07) is 0. The Morgan fingerprint density at radius 3 is 2.47 bits per heavy atom. The molecule has 1 aliphatic heterocycles. The summed E-state index contributed by atoms with van der Waals surface area (Å²) in [6.07, 6.45) is 3.89. The molecule has 5 heteroatoms. The summed E-state index contributed by atoms with van der Waals surface area (Å²) >= 11 is 0. The molecule has 1 fully saturated rings. The lowest BCUT2D eigenvalue weighted by Gasteiger charge is -2.35. The van der Waals surface area contributed by atoms with E-state index in [-0.39, 0.29) is 23.7 Å². The van der Waals surface area contributed by atoms with Crippen LogP contribution in [0, 0.1) is 11.3 Å². The van der Waals surface area contributed by atoms with Crippen LogP contribution < -0.4 is 5.73 Å². The normalized spacial score (nSPS) is 19.7. The van der Waals surface area contributed by atoms with Crippen molar-refractivity contribution in [2.45, 2.75) is 39.5 Å². The molecule has 1 rings (SSSR count). The van der Waals surface area contributed by atoms with Crippen molar-refractivity contribution in [3.05, 3.63) is 0 Å². The maximum atomic E-state index is 12.5. The summed E-state index contributed by atoms with van der Waals surface area (Å²) in [4.78, 5) is 14.4. The minimum atomic E-state index is -0.371. The van der Waals surface area contributed by atoms with E-state index in [0.29, 0.717) is 12.5 Å². The smallest absolute Gasteiger partial charge is 0.229 e. The van der Waals surface area contributed by atoms with E-state index in [1.165, 1.54) is 0 Å². The Morgan fingerprint density at radius 1 is 1.42 bits per heavy atom. The van der Waals surface area contributed by atoms with E-state index in [1.807, 2.05) is 25.8 Å². The van der Waals surface area contributed by atoms with Crippen LogP contribution in [0.15, 0.2) is 0 Å². The van der Waals surface area contributed by atoms with Gasteiger partial charge >= 0.3 is 0 Å². The molecule has 1 unspecified atom stereocenters. The van der Waals surface area contributed by atoms with Gasteiger partial charge in [-0.15, -0.1) is 12.4 Å². The number of ether oxygens (including phenoxy) is 1. The summed E-state index contributed by atoms with van der Waals surface area (Å²) in [6.45, 7) is 6.97. The first-order valence-electron chi connectivity index (χ1n) is 7.13. The number of hydrogen-bond donors (Lipinski definition) is 1. The summed E-state index contributed by atoms with van der Waals surface area (Å²) in [5.41, 5.74) is 5.46. The molecule has 0 aliphatic carbocycles. The highest BCUT2D eigenvalue weighted by Crippen LogP contribution is 2.28. The number of carbonyl (C=O) groups excluding carboxylic acids is 1. The number of amides is 1. The van der Waals surface area contributed by atoms with E-state index in [2.05, 4.69) is 0 Å². The molecular weight excluding hydrogens is 264 g/mol. The van der Waals surface area contributed by atoms with Crippen molar-refractivity contribution in [3.8, 4) is 0 Å². The SMILES string of the molecule is CCC(CC)(CN)C(=O)N(C)CC1CCCOC1.Cl. The average molecular weight is 293 g/mol. The third-order valence-corrected chi connectivity index (χ3v) is 4.33. The molecule has 0 aromatic heterocycles. The second kappa shape index (κ2) is 8.77. The number of rotatable bonds is 6. The number of halogens is 1. The van der Waals surface area contributed by atoms with Crippen LogP contribution in [-0.2, 0) is 9.53 Å². The first kappa shape index (κ1) is 18.7. The van der Waals surface area contributed by atoms with Crippen molar-refractivity contribution in [2.24, 2.45) is 17.1 Å². The third-order valence-electron chi connectivity index (χ3n) is 4.33. The summed E-state index contributed by atoms with van der Waals surface area (Å²) in [7, 11) is 1.90. The standard InChI is InChI=1S/C14H28N2O2.ClH/c1-4-14(5-2,11-15)13(17)16(3)9-12-7-6-8-18-10-12;/h12H,4-11,15H2,1-3H3;1H. The Bertz CT molecular complexity index is 256. The molecule has 114 valence electrons. The van der Waals surface area contributed by atoms with Gasteiger partial charge in [-0.05, 0) is 31.6 Å². The first-order valence-corrected chi connectivity index (χ1v) is 7.13. The van der Waals surface area contributed by atoms with Crippen LogP contribution in [0.25, 0.3) is 0 Å². The number of nitrogens with two attached hydrogens (primary N) is 1. The fraction of sp³-hybridized carbons (Fsp3) is 0.929. The lowest BCUT2D eigenvalue weighted by molar-refractivity contribution is -0.142. The Hall–Kier alpha value is -0.320. The molecule has 0 aromatic carbocycles. The van der Waals surface area contributed by atoms with Gasteiger partial charge in [0.25, 0.3) is 0 Å². The van der Waals surface area contributed by atoms with Crippen LogP contribution in [-0.4, -0.2) is 44.2 Å². The van der Waals surface area contributed by atoms with Crippen molar-refractivity contribution in [1.29, 1.82) is 0 Å². The average Bonchev–Trinajstić information content (AvgIpc) is 2.42. The van der Waals surface area contributed by atoms with Gasteiger partial charge in [-0.2, -0.15) is 0 Å². The molecule has 0 bridgehead atoms. The molecular formula is C14H29ClN2O2. The van der Waals surface area contributed by atoms with Gasteiger partial charge in [0.2, 0.25) is 5.91 Å². The fourth-order valence-electron chi connectivity index (χ4n) is 2.75. The lowest BCUT2D eigenvalue weighted by Crippen LogP contribution is -2.48. The van der Waals surface area contributed by atoms with Crippen LogP contribution in [0.5, 0.6) is 0 Å². The Morgan fingerprint density at radius 2 is 2.05 bits per heavy atom. The molecule has 1 atom stereocenters. The molecule has 0 spiro atoms. The maximum Gasteiger partial charge on any atom is 0.229 e. The topological polar surface area (TPSA) is 55.6 Å². The van der Waals surface area contributed by atoms with Crippen LogP contribution in [0.1, 0.15) is 39.5 Å². The van der Waals surface area contributed by atoms with Crippen molar-refractivity contribution >= 4 is 18.3 Å². The number of nitrogens with zero attached hydrogens (tertiary/aromatic N) is 1. The largest absolute Gasteiger partial charge is 0.381 e. The Kier molecular flexibility index (Phi) is 8.62. The first-order chi connectivity index (χ1) is 8.59. The van der Waals surface area contributed by atoms with E-state index in [9.17, 15) is 4.79 Å². The summed E-state index contributed by atoms with van der Waals surface area (Å²) < 4.78 is 5.46. The summed E-state index contributed by atoms with van der Waals surface area (Å²) in [5.74, 6) is 0.678. The van der Waals surface area contributed by atoms with Gasteiger partial charge in [-0.1, -0.05) is 13.8 Å². The molecule has 4 nitrogen and oxygen atoms in total. The zero-order chi connectivity index (χ0) is 13.6. The van der Waals surface area contributed by atoms with E-state index in [1.54, 1.807) is 0 Å². The number of carbonyl (C=O) groups is 1.